The van der Waals surface area contributed by atoms with Crippen molar-refractivity contribution in [1.82, 2.24) is 0 Å². The lowest BCUT2D eigenvalue weighted by atomic mass is 10.2. The summed E-state index contributed by atoms with van der Waals surface area (Å²) in [5.74, 6) is 1.74. The summed E-state index contributed by atoms with van der Waals surface area (Å²) in [5, 5.41) is 0. The maximum absolute atomic E-state index is 5.76. The van der Waals surface area contributed by atoms with Crippen molar-refractivity contribution in [1.29, 1.82) is 0 Å². The van der Waals surface area contributed by atoms with Crippen LogP contribution in [0.5, 0.6) is 11.5 Å². The van der Waals surface area contributed by atoms with Gasteiger partial charge in [-0.15, -0.1) is 0 Å². The Bertz CT molecular complexity index is 540. The third kappa shape index (κ3) is 7.20. The van der Waals surface area contributed by atoms with Gasteiger partial charge >= 0.3 is 0 Å². The molecule has 0 aromatic heterocycles. The summed E-state index contributed by atoms with van der Waals surface area (Å²) in [7, 11) is 0. The molecule has 2 aromatic rings. The summed E-state index contributed by atoms with van der Waals surface area (Å²) >= 11 is 0. The number of unbranched alkanes of at least 4 members (excludes halogenated alkanes) is 1. The Morgan fingerprint density at radius 3 is 2.17 bits per heavy atom. The lowest BCUT2D eigenvalue weighted by Gasteiger charge is -2.09. The van der Waals surface area contributed by atoms with E-state index >= 15 is 0 Å². The van der Waals surface area contributed by atoms with Crippen molar-refractivity contribution in [3.05, 3.63) is 60.2 Å². The highest BCUT2D eigenvalue weighted by Gasteiger charge is 1.98. The van der Waals surface area contributed by atoms with Gasteiger partial charge in [0.1, 0.15) is 11.5 Å². The molecule has 0 spiro atoms. The smallest absolute Gasteiger partial charge is 0.122 e. The van der Waals surface area contributed by atoms with Gasteiger partial charge in [-0.1, -0.05) is 43.3 Å². The predicted molar refractivity (Wildman–Crippen MR) is 93.1 cm³/mol. The zero-order valence-electron chi connectivity index (χ0n) is 13.9. The first-order valence-electron chi connectivity index (χ1n) is 8.36. The minimum Gasteiger partial charge on any atom is -0.493 e. The van der Waals surface area contributed by atoms with Gasteiger partial charge in [-0.3, -0.25) is 0 Å². The number of ether oxygens (including phenoxy) is 3. The highest BCUT2D eigenvalue weighted by Crippen LogP contribution is 2.19. The van der Waals surface area contributed by atoms with E-state index in [-0.39, 0.29) is 0 Å². The van der Waals surface area contributed by atoms with Gasteiger partial charge in [0, 0.05) is 12.7 Å². The second-order valence-electron chi connectivity index (χ2n) is 5.42. The number of hydrogen-bond acceptors (Lipinski definition) is 3. The monoisotopic (exact) mass is 314 g/mol. The summed E-state index contributed by atoms with van der Waals surface area (Å²) in [6.07, 6.45) is 2.99. The summed E-state index contributed by atoms with van der Waals surface area (Å²) in [6.45, 7) is 4.98. The van der Waals surface area contributed by atoms with Crippen LogP contribution in [0.4, 0.5) is 0 Å². The van der Waals surface area contributed by atoms with Crippen molar-refractivity contribution in [2.24, 2.45) is 0 Å². The maximum Gasteiger partial charge on any atom is 0.122 e. The van der Waals surface area contributed by atoms with Gasteiger partial charge in [0.05, 0.1) is 19.8 Å². The number of benzene rings is 2. The zero-order chi connectivity index (χ0) is 16.2. The first kappa shape index (κ1) is 17.4. The molecule has 23 heavy (non-hydrogen) atoms. The third-order valence-corrected chi connectivity index (χ3v) is 3.34. The normalized spacial score (nSPS) is 10.5. The lowest BCUT2D eigenvalue weighted by molar-refractivity contribution is 0.113. The van der Waals surface area contributed by atoms with Crippen LogP contribution >= 0.6 is 0 Å². The molecule has 0 N–H and O–H groups in total. The average Bonchev–Trinajstić information content (AvgIpc) is 2.60. The van der Waals surface area contributed by atoms with E-state index in [1.54, 1.807) is 0 Å². The topological polar surface area (TPSA) is 27.7 Å². The lowest BCUT2D eigenvalue weighted by Crippen LogP contribution is -2.01. The Kier molecular flexibility index (Phi) is 8.06. The van der Waals surface area contributed by atoms with Gasteiger partial charge < -0.3 is 14.2 Å². The van der Waals surface area contributed by atoms with E-state index < -0.39 is 0 Å². The van der Waals surface area contributed by atoms with E-state index in [9.17, 15) is 0 Å². The van der Waals surface area contributed by atoms with Crippen LogP contribution in [0.1, 0.15) is 31.7 Å². The van der Waals surface area contributed by atoms with E-state index in [2.05, 4.69) is 19.1 Å². The van der Waals surface area contributed by atoms with E-state index in [1.807, 2.05) is 42.5 Å². The highest BCUT2D eigenvalue weighted by molar-refractivity contribution is 5.32. The van der Waals surface area contributed by atoms with E-state index in [1.165, 1.54) is 5.56 Å². The fourth-order valence-electron chi connectivity index (χ4n) is 2.13. The standard InChI is InChI=1S/C20H26O3/c1-2-13-22-19-11-8-12-20(16-19)23-15-7-6-14-21-17-18-9-4-3-5-10-18/h3-5,8-12,16H,2,6-7,13-15,17H2,1H3. The Morgan fingerprint density at radius 2 is 1.43 bits per heavy atom. The largest absolute Gasteiger partial charge is 0.493 e. The van der Waals surface area contributed by atoms with Crippen LogP contribution in [-0.2, 0) is 11.3 Å². The molecule has 0 saturated heterocycles. The zero-order valence-corrected chi connectivity index (χ0v) is 13.9. The fourth-order valence-corrected chi connectivity index (χ4v) is 2.13. The molecule has 2 rings (SSSR count). The van der Waals surface area contributed by atoms with E-state index in [0.717, 1.165) is 44.0 Å². The quantitative estimate of drug-likeness (QED) is 0.555. The van der Waals surface area contributed by atoms with Crippen molar-refractivity contribution in [2.75, 3.05) is 19.8 Å². The molecule has 2 aromatic carbocycles. The van der Waals surface area contributed by atoms with Crippen LogP contribution in [0.3, 0.4) is 0 Å². The van der Waals surface area contributed by atoms with Gasteiger partial charge in [-0.05, 0) is 37.0 Å². The molecule has 0 bridgehead atoms. The first-order chi connectivity index (χ1) is 11.4. The summed E-state index contributed by atoms with van der Waals surface area (Å²) < 4.78 is 17.0. The van der Waals surface area contributed by atoms with Crippen LogP contribution in [0.15, 0.2) is 54.6 Å². The predicted octanol–water partition coefficient (Wildman–Crippen LogP) is 4.85. The van der Waals surface area contributed by atoms with E-state index in [0.29, 0.717) is 13.2 Å². The minimum atomic E-state index is 0.679. The fraction of sp³-hybridized carbons (Fsp3) is 0.400. The summed E-state index contributed by atoms with van der Waals surface area (Å²) in [6, 6.07) is 18.1. The van der Waals surface area contributed by atoms with Gasteiger partial charge in [0.2, 0.25) is 0 Å². The SMILES string of the molecule is CCCOc1cccc(OCCCCOCc2ccccc2)c1. The molecule has 0 heterocycles. The molecule has 0 atom stereocenters. The molecule has 3 heteroatoms. The molecule has 0 fully saturated rings. The Morgan fingerprint density at radius 1 is 0.739 bits per heavy atom. The molecule has 0 amide bonds. The molecular formula is C20H26O3. The molecule has 0 unspecified atom stereocenters. The van der Waals surface area contributed by atoms with Gasteiger partial charge in [0.25, 0.3) is 0 Å². The van der Waals surface area contributed by atoms with E-state index in [4.69, 9.17) is 14.2 Å². The average molecular weight is 314 g/mol. The molecule has 0 saturated carbocycles. The number of rotatable bonds is 11. The second-order valence-corrected chi connectivity index (χ2v) is 5.42. The van der Waals surface area contributed by atoms with Crippen LogP contribution in [0.25, 0.3) is 0 Å². The van der Waals surface area contributed by atoms with Crippen molar-refractivity contribution < 1.29 is 14.2 Å². The van der Waals surface area contributed by atoms with Crippen LogP contribution in [-0.4, -0.2) is 19.8 Å². The minimum absolute atomic E-state index is 0.679. The van der Waals surface area contributed by atoms with Gasteiger partial charge in [0.15, 0.2) is 0 Å². The Balaban J connectivity index is 1.55. The van der Waals surface area contributed by atoms with Crippen molar-refractivity contribution in [2.45, 2.75) is 32.8 Å². The van der Waals surface area contributed by atoms with Crippen LogP contribution in [0, 0.1) is 0 Å². The Labute approximate surface area is 139 Å². The third-order valence-electron chi connectivity index (χ3n) is 3.34. The summed E-state index contributed by atoms with van der Waals surface area (Å²) in [5.41, 5.74) is 1.22. The molecule has 0 radical (unpaired) electrons. The van der Waals surface area contributed by atoms with Gasteiger partial charge in [-0.2, -0.15) is 0 Å². The molecule has 124 valence electrons. The number of hydrogen-bond donors (Lipinski definition) is 0. The molecule has 3 nitrogen and oxygen atoms in total. The Hall–Kier alpha value is -2.00. The van der Waals surface area contributed by atoms with Crippen molar-refractivity contribution in [3.8, 4) is 11.5 Å². The highest BCUT2D eigenvalue weighted by atomic mass is 16.5. The molecule has 0 aliphatic heterocycles. The first-order valence-corrected chi connectivity index (χ1v) is 8.36. The van der Waals surface area contributed by atoms with Crippen LogP contribution < -0.4 is 9.47 Å². The summed E-state index contributed by atoms with van der Waals surface area (Å²) in [4.78, 5) is 0. The second kappa shape index (κ2) is 10.7. The van der Waals surface area contributed by atoms with Crippen molar-refractivity contribution in [3.63, 3.8) is 0 Å². The van der Waals surface area contributed by atoms with Gasteiger partial charge in [-0.25, -0.2) is 0 Å². The molecular weight excluding hydrogens is 288 g/mol. The van der Waals surface area contributed by atoms with Crippen LogP contribution in [0.2, 0.25) is 0 Å². The maximum atomic E-state index is 5.76. The van der Waals surface area contributed by atoms with Crippen molar-refractivity contribution >= 4 is 0 Å². The molecule has 0 aliphatic rings. The molecule has 0 aliphatic carbocycles.